The summed E-state index contributed by atoms with van der Waals surface area (Å²) in [5, 5.41) is 11.1. The third-order valence-corrected chi connectivity index (χ3v) is 4.49. The average molecular weight is 330 g/mol. The molecule has 0 aliphatic carbocycles. The van der Waals surface area contributed by atoms with Gasteiger partial charge in [0.1, 0.15) is 10.0 Å². The third-order valence-electron chi connectivity index (χ3n) is 3.22. The quantitative estimate of drug-likeness (QED) is 0.701. The largest absolute Gasteiger partial charge is 0.305 e. The van der Waals surface area contributed by atoms with Gasteiger partial charge in [0, 0.05) is 22.7 Å². The van der Waals surface area contributed by atoms with Gasteiger partial charge in [-0.15, -0.1) is 10.2 Å². The van der Waals surface area contributed by atoms with E-state index in [2.05, 4.69) is 53.5 Å². The Labute approximate surface area is 139 Å². The van der Waals surface area contributed by atoms with Crippen molar-refractivity contribution in [2.75, 3.05) is 14.1 Å². The molecule has 0 N–H and O–H groups in total. The number of benzene rings is 2. The van der Waals surface area contributed by atoms with Gasteiger partial charge in [-0.25, -0.2) is 0 Å². The zero-order valence-corrected chi connectivity index (χ0v) is 14.0. The highest BCUT2D eigenvalue weighted by Gasteiger charge is 2.08. The maximum atomic E-state index is 5.91. The SMILES string of the molecule is CN(C)Cc1ccc(-c2nnc(-c3ccc(Cl)cc3)s2)cc1. The van der Waals surface area contributed by atoms with E-state index in [9.17, 15) is 0 Å². The molecule has 0 saturated carbocycles. The Kier molecular flexibility index (Phi) is 4.52. The Hall–Kier alpha value is -1.75. The van der Waals surface area contributed by atoms with Crippen molar-refractivity contribution in [1.29, 1.82) is 0 Å². The lowest BCUT2D eigenvalue weighted by molar-refractivity contribution is 0.402. The molecular weight excluding hydrogens is 314 g/mol. The second-order valence-corrected chi connectivity index (χ2v) is 6.77. The molecular formula is C17H16ClN3S. The maximum absolute atomic E-state index is 5.91. The van der Waals surface area contributed by atoms with E-state index in [0.717, 1.165) is 32.7 Å². The fraction of sp³-hybridized carbons (Fsp3) is 0.176. The van der Waals surface area contributed by atoms with Gasteiger partial charge >= 0.3 is 0 Å². The van der Waals surface area contributed by atoms with Crippen molar-refractivity contribution >= 4 is 22.9 Å². The zero-order chi connectivity index (χ0) is 15.5. The second kappa shape index (κ2) is 6.57. The summed E-state index contributed by atoms with van der Waals surface area (Å²) in [6.45, 7) is 0.937. The number of nitrogens with zero attached hydrogens (tertiary/aromatic N) is 3. The summed E-state index contributed by atoms with van der Waals surface area (Å²) in [5.41, 5.74) is 3.42. The molecule has 0 spiro atoms. The molecule has 0 saturated heterocycles. The lowest BCUT2D eigenvalue weighted by Crippen LogP contribution is -2.10. The first-order valence-corrected chi connectivity index (χ1v) is 8.15. The van der Waals surface area contributed by atoms with Crippen molar-refractivity contribution in [1.82, 2.24) is 15.1 Å². The van der Waals surface area contributed by atoms with Crippen molar-refractivity contribution in [3.63, 3.8) is 0 Å². The topological polar surface area (TPSA) is 29.0 Å². The number of halogens is 1. The summed E-state index contributed by atoms with van der Waals surface area (Å²) < 4.78 is 0. The molecule has 0 amide bonds. The summed E-state index contributed by atoms with van der Waals surface area (Å²) in [4.78, 5) is 2.15. The summed E-state index contributed by atoms with van der Waals surface area (Å²) in [7, 11) is 4.13. The van der Waals surface area contributed by atoms with E-state index >= 15 is 0 Å². The van der Waals surface area contributed by atoms with Crippen LogP contribution in [0.1, 0.15) is 5.56 Å². The van der Waals surface area contributed by atoms with Crippen LogP contribution in [0.4, 0.5) is 0 Å². The number of aromatic nitrogens is 2. The summed E-state index contributed by atoms with van der Waals surface area (Å²) >= 11 is 7.50. The van der Waals surface area contributed by atoms with Crippen LogP contribution in [0.5, 0.6) is 0 Å². The van der Waals surface area contributed by atoms with Gasteiger partial charge in [0.25, 0.3) is 0 Å². The summed E-state index contributed by atoms with van der Waals surface area (Å²) in [6, 6.07) is 16.1. The van der Waals surface area contributed by atoms with E-state index in [1.165, 1.54) is 5.56 Å². The third kappa shape index (κ3) is 3.53. The molecule has 112 valence electrons. The molecule has 1 aromatic heterocycles. The van der Waals surface area contributed by atoms with Crippen LogP contribution in [0, 0.1) is 0 Å². The Morgan fingerprint density at radius 1 is 0.864 bits per heavy atom. The molecule has 2 aromatic carbocycles. The second-order valence-electron chi connectivity index (χ2n) is 5.35. The van der Waals surface area contributed by atoms with Crippen LogP contribution in [-0.2, 0) is 6.54 Å². The number of rotatable bonds is 4. The van der Waals surface area contributed by atoms with Gasteiger partial charge in [0.2, 0.25) is 0 Å². The van der Waals surface area contributed by atoms with Crippen LogP contribution in [0.15, 0.2) is 48.5 Å². The first-order valence-electron chi connectivity index (χ1n) is 6.95. The lowest BCUT2D eigenvalue weighted by atomic mass is 10.1. The highest BCUT2D eigenvalue weighted by atomic mass is 35.5. The Bertz CT molecular complexity index is 748. The maximum Gasteiger partial charge on any atom is 0.148 e. The summed E-state index contributed by atoms with van der Waals surface area (Å²) in [5.74, 6) is 0. The van der Waals surface area contributed by atoms with E-state index in [-0.39, 0.29) is 0 Å². The molecule has 0 atom stereocenters. The van der Waals surface area contributed by atoms with Crippen molar-refractivity contribution in [2.24, 2.45) is 0 Å². The molecule has 1 heterocycles. The first kappa shape index (κ1) is 15.2. The van der Waals surface area contributed by atoms with Crippen molar-refractivity contribution < 1.29 is 0 Å². The predicted octanol–water partition coefficient (Wildman–Crippen LogP) is 4.59. The van der Waals surface area contributed by atoms with Crippen LogP contribution in [-0.4, -0.2) is 29.2 Å². The van der Waals surface area contributed by atoms with E-state index in [0.29, 0.717) is 0 Å². The summed E-state index contributed by atoms with van der Waals surface area (Å²) in [6.07, 6.45) is 0. The molecule has 22 heavy (non-hydrogen) atoms. The van der Waals surface area contributed by atoms with Gasteiger partial charge in [-0.1, -0.05) is 59.3 Å². The minimum Gasteiger partial charge on any atom is -0.305 e. The standard InChI is InChI=1S/C17H16ClN3S/c1-21(2)11-12-3-5-13(6-4-12)16-19-20-17(22-16)14-7-9-15(18)10-8-14/h3-10H,11H2,1-2H3. The van der Waals surface area contributed by atoms with Crippen molar-refractivity contribution in [2.45, 2.75) is 6.54 Å². The minimum atomic E-state index is 0.727. The number of hydrogen-bond acceptors (Lipinski definition) is 4. The van der Waals surface area contributed by atoms with Crippen LogP contribution >= 0.6 is 22.9 Å². The molecule has 0 radical (unpaired) electrons. The van der Waals surface area contributed by atoms with Gasteiger partial charge < -0.3 is 4.90 Å². The molecule has 3 nitrogen and oxygen atoms in total. The molecule has 3 aromatic rings. The average Bonchev–Trinajstić information content (AvgIpc) is 2.98. The molecule has 0 aliphatic heterocycles. The molecule has 5 heteroatoms. The van der Waals surface area contributed by atoms with Gasteiger partial charge in [-0.2, -0.15) is 0 Å². The van der Waals surface area contributed by atoms with Crippen LogP contribution in [0.2, 0.25) is 5.02 Å². The fourth-order valence-corrected chi connectivity index (χ4v) is 3.15. The minimum absolute atomic E-state index is 0.727. The highest BCUT2D eigenvalue weighted by molar-refractivity contribution is 7.17. The van der Waals surface area contributed by atoms with E-state index in [1.807, 2.05) is 24.3 Å². The van der Waals surface area contributed by atoms with Gasteiger partial charge in [0.15, 0.2) is 0 Å². The first-order chi connectivity index (χ1) is 10.6. The molecule has 0 unspecified atom stereocenters. The van der Waals surface area contributed by atoms with E-state index in [4.69, 9.17) is 11.6 Å². The Morgan fingerprint density at radius 3 is 1.86 bits per heavy atom. The Balaban J connectivity index is 1.82. The molecule has 0 fully saturated rings. The molecule has 0 bridgehead atoms. The smallest absolute Gasteiger partial charge is 0.148 e. The number of hydrogen-bond donors (Lipinski definition) is 0. The molecule has 3 rings (SSSR count). The van der Waals surface area contributed by atoms with Gasteiger partial charge in [-0.3, -0.25) is 0 Å². The van der Waals surface area contributed by atoms with Crippen molar-refractivity contribution in [3.8, 4) is 21.1 Å². The predicted molar refractivity (Wildman–Crippen MR) is 93.2 cm³/mol. The van der Waals surface area contributed by atoms with Crippen LogP contribution < -0.4 is 0 Å². The van der Waals surface area contributed by atoms with Gasteiger partial charge in [-0.05, 0) is 31.8 Å². The van der Waals surface area contributed by atoms with Crippen LogP contribution in [0.25, 0.3) is 21.1 Å². The monoisotopic (exact) mass is 329 g/mol. The lowest BCUT2D eigenvalue weighted by Gasteiger charge is -2.09. The zero-order valence-electron chi connectivity index (χ0n) is 12.5. The van der Waals surface area contributed by atoms with E-state index < -0.39 is 0 Å². The van der Waals surface area contributed by atoms with Crippen LogP contribution in [0.3, 0.4) is 0 Å². The van der Waals surface area contributed by atoms with Gasteiger partial charge in [0.05, 0.1) is 0 Å². The normalized spacial score (nSPS) is 11.1. The van der Waals surface area contributed by atoms with Crippen molar-refractivity contribution in [3.05, 3.63) is 59.1 Å². The Morgan fingerprint density at radius 2 is 1.36 bits per heavy atom. The highest BCUT2D eigenvalue weighted by Crippen LogP contribution is 2.30. The molecule has 0 aliphatic rings. The fourth-order valence-electron chi connectivity index (χ4n) is 2.17. The van der Waals surface area contributed by atoms with E-state index in [1.54, 1.807) is 11.3 Å².